The van der Waals surface area contributed by atoms with E-state index in [0.717, 1.165) is 0 Å². The van der Waals surface area contributed by atoms with Gasteiger partial charge in [-0.3, -0.25) is 0 Å². The van der Waals surface area contributed by atoms with Crippen LogP contribution in [0.1, 0.15) is 20.3 Å². The first-order valence-corrected chi connectivity index (χ1v) is 6.37. The second-order valence-electron chi connectivity index (χ2n) is 2.89. The molecule has 0 bridgehead atoms. The SMILES string of the molecule is CSCCC1OC(C)C(C)S1. The lowest BCUT2D eigenvalue weighted by molar-refractivity contribution is 0.0670. The third-order valence-electron chi connectivity index (χ3n) is 1.95. The van der Waals surface area contributed by atoms with Crippen molar-refractivity contribution < 1.29 is 4.74 Å². The lowest BCUT2D eigenvalue weighted by Gasteiger charge is -2.07. The molecule has 0 spiro atoms. The van der Waals surface area contributed by atoms with E-state index in [-0.39, 0.29) is 0 Å². The van der Waals surface area contributed by atoms with Gasteiger partial charge in [0.1, 0.15) is 5.44 Å². The Kier molecular flexibility index (Phi) is 4.10. The van der Waals surface area contributed by atoms with E-state index in [1.165, 1.54) is 12.2 Å². The molecule has 0 aromatic rings. The first-order valence-electron chi connectivity index (χ1n) is 4.04. The molecule has 0 N–H and O–H groups in total. The summed E-state index contributed by atoms with van der Waals surface area (Å²) in [5, 5.41) is 0.682. The van der Waals surface area contributed by atoms with E-state index < -0.39 is 0 Å². The third-order valence-corrected chi connectivity index (χ3v) is 4.06. The van der Waals surface area contributed by atoms with Gasteiger partial charge in [0.2, 0.25) is 0 Å². The van der Waals surface area contributed by atoms with Gasteiger partial charge in [0.25, 0.3) is 0 Å². The highest BCUT2D eigenvalue weighted by Gasteiger charge is 2.28. The van der Waals surface area contributed by atoms with Crippen molar-refractivity contribution >= 4 is 23.5 Å². The van der Waals surface area contributed by atoms with E-state index in [9.17, 15) is 0 Å². The Morgan fingerprint density at radius 2 is 2.18 bits per heavy atom. The monoisotopic (exact) mass is 192 g/mol. The highest BCUT2D eigenvalue weighted by Crippen LogP contribution is 2.34. The zero-order valence-corrected chi connectivity index (χ0v) is 9.00. The number of rotatable bonds is 3. The predicted octanol–water partition coefficient (Wildman–Crippen LogP) is 2.61. The molecule has 11 heavy (non-hydrogen) atoms. The summed E-state index contributed by atoms with van der Waals surface area (Å²) in [4.78, 5) is 0. The molecule has 3 heteroatoms. The van der Waals surface area contributed by atoms with Crippen molar-refractivity contribution in [3.05, 3.63) is 0 Å². The Morgan fingerprint density at radius 3 is 2.64 bits per heavy atom. The molecule has 1 heterocycles. The molecule has 1 aliphatic heterocycles. The number of thioether (sulfide) groups is 2. The van der Waals surface area contributed by atoms with Gasteiger partial charge >= 0.3 is 0 Å². The van der Waals surface area contributed by atoms with Crippen LogP contribution in [0.15, 0.2) is 0 Å². The molecule has 0 radical (unpaired) electrons. The van der Waals surface area contributed by atoms with Crippen molar-refractivity contribution in [1.82, 2.24) is 0 Å². The van der Waals surface area contributed by atoms with Crippen LogP contribution >= 0.6 is 23.5 Å². The summed E-state index contributed by atoms with van der Waals surface area (Å²) in [5.41, 5.74) is 0.465. The summed E-state index contributed by atoms with van der Waals surface area (Å²) < 4.78 is 5.73. The second kappa shape index (κ2) is 4.63. The van der Waals surface area contributed by atoms with Crippen molar-refractivity contribution in [2.45, 2.75) is 37.1 Å². The Hall–Kier alpha value is 0.660. The average molecular weight is 192 g/mol. The van der Waals surface area contributed by atoms with Gasteiger partial charge in [-0.2, -0.15) is 11.8 Å². The Bertz CT molecular complexity index is 109. The molecule has 0 aromatic carbocycles. The molecule has 1 rings (SSSR count). The molecular weight excluding hydrogens is 176 g/mol. The fraction of sp³-hybridized carbons (Fsp3) is 1.00. The summed E-state index contributed by atoms with van der Waals surface area (Å²) in [6.45, 7) is 4.41. The quantitative estimate of drug-likeness (QED) is 0.680. The van der Waals surface area contributed by atoms with Gasteiger partial charge in [0, 0.05) is 5.25 Å². The molecule has 1 saturated heterocycles. The van der Waals surface area contributed by atoms with Crippen LogP contribution in [0, 0.1) is 0 Å². The van der Waals surface area contributed by atoms with E-state index in [1.807, 2.05) is 23.5 Å². The molecular formula is C8H16OS2. The van der Waals surface area contributed by atoms with Gasteiger partial charge in [-0.15, -0.1) is 11.8 Å². The van der Waals surface area contributed by atoms with E-state index in [0.29, 0.717) is 16.8 Å². The smallest absolute Gasteiger partial charge is 0.104 e. The van der Waals surface area contributed by atoms with Crippen LogP contribution in [0.25, 0.3) is 0 Å². The fourth-order valence-corrected chi connectivity index (χ4v) is 2.94. The Morgan fingerprint density at radius 1 is 1.45 bits per heavy atom. The normalized spacial score (nSPS) is 37.9. The van der Waals surface area contributed by atoms with Crippen LogP contribution < -0.4 is 0 Å². The molecule has 1 fully saturated rings. The molecule has 0 aliphatic carbocycles. The van der Waals surface area contributed by atoms with Gasteiger partial charge in [-0.1, -0.05) is 6.92 Å². The largest absolute Gasteiger partial charge is 0.363 e. The maximum absolute atomic E-state index is 5.73. The van der Waals surface area contributed by atoms with Gasteiger partial charge in [-0.05, 0) is 25.4 Å². The lowest BCUT2D eigenvalue weighted by atomic mass is 10.3. The zero-order chi connectivity index (χ0) is 8.27. The van der Waals surface area contributed by atoms with E-state index in [1.54, 1.807) is 0 Å². The topological polar surface area (TPSA) is 9.23 Å². The molecule has 0 saturated carbocycles. The van der Waals surface area contributed by atoms with Crippen LogP contribution in [0.3, 0.4) is 0 Å². The molecule has 0 amide bonds. The van der Waals surface area contributed by atoms with Crippen LogP contribution in [0.4, 0.5) is 0 Å². The van der Waals surface area contributed by atoms with Gasteiger partial charge in [0.05, 0.1) is 6.10 Å². The van der Waals surface area contributed by atoms with Crippen molar-refractivity contribution in [3.63, 3.8) is 0 Å². The Balaban J connectivity index is 2.18. The van der Waals surface area contributed by atoms with Crippen molar-refractivity contribution in [2.75, 3.05) is 12.0 Å². The number of hydrogen-bond acceptors (Lipinski definition) is 3. The maximum Gasteiger partial charge on any atom is 0.104 e. The van der Waals surface area contributed by atoms with Crippen molar-refractivity contribution in [3.8, 4) is 0 Å². The first kappa shape index (κ1) is 9.75. The summed E-state index contributed by atoms with van der Waals surface area (Å²) in [7, 11) is 0. The minimum atomic E-state index is 0.451. The standard InChI is InChI=1S/C8H16OS2/c1-6-7(2)11-8(9-6)4-5-10-3/h6-8H,4-5H2,1-3H3. The van der Waals surface area contributed by atoms with Crippen LogP contribution in [-0.4, -0.2) is 28.8 Å². The average Bonchev–Trinajstić information content (AvgIpc) is 2.28. The molecule has 66 valence electrons. The number of ether oxygens (including phenoxy) is 1. The van der Waals surface area contributed by atoms with Crippen LogP contribution in [0.5, 0.6) is 0 Å². The minimum Gasteiger partial charge on any atom is -0.363 e. The summed E-state index contributed by atoms with van der Waals surface area (Å²) in [5.74, 6) is 1.22. The third kappa shape index (κ3) is 2.88. The van der Waals surface area contributed by atoms with Gasteiger partial charge < -0.3 is 4.74 Å². The second-order valence-corrected chi connectivity index (χ2v) is 5.42. The maximum atomic E-state index is 5.73. The van der Waals surface area contributed by atoms with Crippen LogP contribution in [0.2, 0.25) is 0 Å². The lowest BCUT2D eigenvalue weighted by Crippen LogP contribution is -2.12. The van der Waals surface area contributed by atoms with Crippen LogP contribution in [-0.2, 0) is 4.74 Å². The zero-order valence-electron chi connectivity index (χ0n) is 7.37. The molecule has 0 aromatic heterocycles. The van der Waals surface area contributed by atoms with E-state index in [2.05, 4.69) is 20.1 Å². The Labute approximate surface area is 77.6 Å². The first-order chi connectivity index (χ1) is 5.24. The molecule has 1 nitrogen and oxygen atoms in total. The van der Waals surface area contributed by atoms with Gasteiger partial charge in [-0.25, -0.2) is 0 Å². The van der Waals surface area contributed by atoms with Crippen molar-refractivity contribution in [1.29, 1.82) is 0 Å². The highest BCUT2D eigenvalue weighted by atomic mass is 32.2. The molecule has 3 atom stereocenters. The number of hydrogen-bond donors (Lipinski definition) is 0. The fourth-order valence-electron chi connectivity index (χ4n) is 1.08. The van der Waals surface area contributed by atoms with E-state index >= 15 is 0 Å². The summed E-state index contributed by atoms with van der Waals surface area (Å²) >= 11 is 3.88. The highest BCUT2D eigenvalue weighted by molar-refractivity contribution is 8.00. The van der Waals surface area contributed by atoms with Gasteiger partial charge in [0.15, 0.2) is 0 Å². The van der Waals surface area contributed by atoms with E-state index in [4.69, 9.17) is 4.74 Å². The summed E-state index contributed by atoms with van der Waals surface area (Å²) in [6, 6.07) is 0. The predicted molar refractivity (Wildman–Crippen MR) is 54.4 cm³/mol. The minimum absolute atomic E-state index is 0.451. The van der Waals surface area contributed by atoms with Crippen molar-refractivity contribution in [2.24, 2.45) is 0 Å². The summed E-state index contributed by atoms with van der Waals surface area (Å²) in [6.07, 6.45) is 3.79. The molecule has 3 unspecified atom stereocenters. The molecule has 1 aliphatic rings.